The van der Waals surface area contributed by atoms with E-state index in [2.05, 4.69) is 0 Å². The molecule has 4 nitrogen and oxygen atoms in total. The molecule has 0 aliphatic rings. The molecule has 5 heteroatoms. The molecule has 1 aromatic rings. The standard InChI is InChI=1S/C9H11NO3S/c1-2-7-14(13)9-6-4-3-5-8(9)10(11)12/h3-6H,2,7H2,1H3. The van der Waals surface area contributed by atoms with Crippen molar-refractivity contribution in [3.05, 3.63) is 34.4 Å². The number of hydrogen-bond acceptors (Lipinski definition) is 3. The second kappa shape index (κ2) is 4.85. The van der Waals surface area contributed by atoms with Gasteiger partial charge in [-0.2, -0.15) is 0 Å². The van der Waals surface area contributed by atoms with Crippen LogP contribution in [0.15, 0.2) is 29.2 Å². The van der Waals surface area contributed by atoms with Crippen molar-refractivity contribution in [1.82, 2.24) is 0 Å². The van der Waals surface area contributed by atoms with E-state index in [4.69, 9.17) is 0 Å². The summed E-state index contributed by atoms with van der Waals surface area (Å²) in [4.78, 5) is 10.4. The van der Waals surface area contributed by atoms with Crippen LogP contribution in [-0.2, 0) is 10.8 Å². The summed E-state index contributed by atoms with van der Waals surface area (Å²) in [6.45, 7) is 1.90. The first-order valence-electron chi connectivity index (χ1n) is 4.28. The fourth-order valence-corrected chi connectivity index (χ4v) is 2.29. The average molecular weight is 213 g/mol. The van der Waals surface area contributed by atoms with Crippen molar-refractivity contribution < 1.29 is 9.13 Å². The zero-order valence-corrected chi connectivity index (χ0v) is 8.62. The van der Waals surface area contributed by atoms with Crippen LogP contribution in [0.5, 0.6) is 0 Å². The predicted molar refractivity (Wildman–Crippen MR) is 54.7 cm³/mol. The fraction of sp³-hybridized carbons (Fsp3) is 0.333. The Hall–Kier alpha value is -1.23. The Labute approximate surface area is 84.6 Å². The Morgan fingerprint density at radius 3 is 2.64 bits per heavy atom. The van der Waals surface area contributed by atoms with E-state index < -0.39 is 15.7 Å². The van der Waals surface area contributed by atoms with Gasteiger partial charge in [0.2, 0.25) is 0 Å². The van der Waals surface area contributed by atoms with Crippen LogP contribution in [0.1, 0.15) is 13.3 Å². The molecule has 1 rings (SSSR count). The van der Waals surface area contributed by atoms with Gasteiger partial charge in [-0.3, -0.25) is 14.3 Å². The average Bonchev–Trinajstić information content (AvgIpc) is 2.18. The topological polar surface area (TPSA) is 60.2 Å². The van der Waals surface area contributed by atoms with Crippen LogP contribution in [0.25, 0.3) is 0 Å². The maximum absolute atomic E-state index is 11.6. The number of nitro benzene ring substituents is 1. The van der Waals surface area contributed by atoms with Gasteiger partial charge in [0.05, 0.1) is 15.7 Å². The maximum atomic E-state index is 11.6. The van der Waals surface area contributed by atoms with Gasteiger partial charge < -0.3 is 0 Å². The van der Waals surface area contributed by atoms with E-state index in [1.165, 1.54) is 6.07 Å². The van der Waals surface area contributed by atoms with Gasteiger partial charge in [-0.15, -0.1) is 0 Å². The van der Waals surface area contributed by atoms with E-state index in [1.807, 2.05) is 6.92 Å². The summed E-state index contributed by atoms with van der Waals surface area (Å²) in [5.74, 6) is 0.463. The van der Waals surface area contributed by atoms with E-state index in [-0.39, 0.29) is 5.69 Å². The molecule has 0 fully saturated rings. The summed E-state index contributed by atoms with van der Waals surface area (Å²) >= 11 is 0. The molecule has 0 bridgehead atoms. The van der Waals surface area contributed by atoms with Crippen molar-refractivity contribution in [2.24, 2.45) is 0 Å². The molecular formula is C9H11NO3S. The molecule has 76 valence electrons. The lowest BCUT2D eigenvalue weighted by molar-refractivity contribution is -0.387. The summed E-state index contributed by atoms with van der Waals surface area (Å²) < 4.78 is 11.6. The molecule has 0 amide bonds. The minimum absolute atomic E-state index is 0.0562. The maximum Gasteiger partial charge on any atom is 0.285 e. The van der Waals surface area contributed by atoms with Crippen LogP contribution in [-0.4, -0.2) is 14.9 Å². The summed E-state index contributed by atoms with van der Waals surface area (Å²) in [6, 6.07) is 6.16. The summed E-state index contributed by atoms with van der Waals surface area (Å²) in [5.41, 5.74) is -0.0562. The number of hydrogen-bond donors (Lipinski definition) is 0. The lowest BCUT2D eigenvalue weighted by Gasteiger charge is -2.00. The van der Waals surface area contributed by atoms with E-state index >= 15 is 0 Å². The first-order chi connectivity index (χ1) is 6.66. The van der Waals surface area contributed by atoms with Crippen LogP contribution < -0.4 is 0 Å². The molecule has 0 heterocycles. The number of rotatable bonds is 4. The van der Waals surface area contributed by atoms with Crippen molar-refractivity contribution in [3.8, 4) is 0 Å². The van der Waals surface area contributed by atoms with Gasteiger partial charge in [0.15, 0.2) is 0 Å². The van der Waals surface area contributed by atoms with Crippen LogP contribution in [0.4, 0.5) is 5.69 Å². The molecule has 0 aliphatic heterocycles. The first-order valence-corrected chi connectivity index (χ1v) is 5.60. The monoisotopic (exact) mass is 213 g/mol. The van der Waals surface area contributed by atoms with Crippen molar-refractivity contribution in [2.45, 2.75) is 18.2 Å². The highest BCUT2D eigenvalue weighted by Gasteiger charge is 2.16. The third-order valence-corrected chi connectivity index (χ3v) is 3.31. The Morgan fingerprint density at radius 2 is 2.07 bits per heavy atom. The quantitative estimate of drug-likeness (QED) is 0.568. The van der Waals surface area contributed by atoms with Crippen molar-refractivity contribution >= 4 is 16.5 Å². The Kier molecular flexibility index (Phi) is 3.76. The molecule has 14 heavy (non-hydrogen) atoms. The molecule has 1 atom stereocenters. The fourth-order valence-electron chi connectivity index (χ4n) is 1.10. The van der Waals surface area contributed by atoms with Gasteiger partial charge in [0.25, 0.3) is 5.69 Å². The second-order valence-corrected chi connectivity index (χ2v) is 4.31. The molecule has 0 aromatic heterocycles. The second-order valence-electron chi connectivity index (χ2n) is 2.77. The molecular weight excluding hydrogens is 202 g/mol. The molecule has 0 saturated heterocycles. The normalized spacial score (nSPS) is 12.4. The number of nitrogens with zero attached hydrogens (tertiary/aromatic N) is 1. The smallest absolute Gasteiger partial charge is 0.258 e. The highest BCUT2D eigenvalue weighted by atomic mass is 32.2. The van der Waals surface area contributed by atoms with E-state index in [9.17, 15) is 14.3 Å². The van der Waals surface area contributed by atoms with Gasteiger partial charge in [0, 0.05) is 11.8 Å². The predicted octanol–water partition coefficient (Wildman–Crippen LogP) is 2.11. The third kappa shape index (κ3) is 2.38. The van der Waals surface area contributed by atoms with Crippen LogP contribution >= 0.6 is 0 Å². The Balaban J connectivity index is 3.07. The van der Waals surface area contributed by atoms with Crippen molar-refractivity contribution in [1.29, 1.82) is 0 Å². The van der Waals surface area contributed by atoms with Gasteiger partial charge in [-0.05, 0) is 12.5 Å². The first kappa shape index (κ1) is 10.8. The minimum atomic E-state index is -1.26. The Bertz CT molecular complexity index is 365. The van der Waals surface area contributed by atoms with E-state index in [0.717, 1.165) is 6.42 Å². The lowest BCUT2D eigenvalue weighted by Crippen LogP contribution is -2.01. The van der Waals surface area contributed by atoms with Crippen molar-refractivity contribution in [3.63, 3.8) is 0 Å². The van der Waals surface area contributed by atoms with E-state index in [1.54, 1.807) is 18.2 Å². The number of nitro groups is 1. The highest BCUT2D eigenvalue weighted by Crippen LogP contribution is 2.21. The lowest BCUT2D eigenvalue weighted by atomic mass is 10.3. The summed E-state index contributed by atoms with van der Waals surface area (Å²) in [5, 5.41) is 10.6. The number of benzene rings is 1. The molecule has 0 N–H and O–H groups in total. The SMILES string of the molecule is CCCS(=O)c1ccccc1[N+](=O)[O-]. The number of para-hydroxylation sites is 1. The largest absolute Gasteiger partial charge is 0.285 e. The molecule has 0 aliphatic carbocycles. The molecule has 0 radical (unpaired) electrons. The molecule has 0 spiro atoms. The zero-order chi connectivity index (χ0) is 10.6. The zero-order valence-electron chi connectivity index (χ0n) is 7.80. The van der Waals surface area contributed by atoms with Crippen LogP contribution in [0, 0.1) is 10.1 Å². The van der Waals surface area contributed by atoms with E-state index in [0.29, 0.717) is 10.6 Å². The van der Waals surface area contributed by atoms with Crippen molar-refractivity contribution in [2.75, 3.05) is 5.75 Å². The Morgan fingerprint density at radius 1 is 1.43 bits per heavy atom. The third-order valence-electron chi connectivity index (χ3n) is 1.70. The van der Waals surface area contributed by atoms with Gasteiger partial charge >= 0.3 is 0 Å². The van der Waals surface area contributed by atoms with Gasteiger partial charge in [0.1, 0.15) is 4.90 Å². The minimum Gasteiger partial charge on any atom is -0.258 e. The van der Waals surface area contributed by atoms with Gasteiger partial charge in [-0.25, -0.2) is 0 Å². The van der Waals surface area contributed by atoms with Crippen LogP contribution in [0.2, 0.25) is 0 Å². The van der Waals surface area contributed by atoms with Gasteiger partial charge in [-0.1, -0.05) is 19.1 Å². The molecule has 1 unspecified atom stereocenters. The van der Waals surface area contributed by atoms with Crippen LogP contribution in [0.3, 0.4) is 0 Å². The molecule has 1 aromatic carbocycles. The summed E-state index contributed by atoms with van der Waals surface area (Å²) in [6.07, 6.45) is 0.749. The highest BCUT2D eigenvalue weighted by molar-refractivity contribution is 7.85. The summed E-state index contributed by atoms with van der Waals surface area (Å²) in [7, 11) is -1.26. The molecule has 0 saturated carbocycles.